The van der Waals surface area contributed by atoms with Crippen molar-refractivity contribution in [1.82, 2.24) is 4.90 Å². The Morgan fingerprint density at radius 3 is 1.71 bits per heavy atom. The fraction of sp³-hybridized carbons (Fsp3) is 0.913. The molecule has 0 N–H and O–H groups in total. The molecule has 0 bridgehead atoms. The third-order valence-corrected chi connectivity index (χ3v) is 11.5. The van der Waals surface area contributed by atoms with E-state index in [0.717, 1.165) is 44.6 Å². The summed E-state index contributed by atoms with van der Waals surface area (Å²) in [5.74, 6) is 1.49. The summed E-state index contributed by atoms with van der Waals surface area (Å²) in [4.78, 5) is 28.3. The van der Waals surface area contributed by atoms with E-state index in [1.54, 1.807) is 0 Å². The number of carbonyl (C=O) groups is 2. The first-order valence-corrected chi connectivity index (χ1v) is 22.5. The normalized spacial score (nSPS) is 18.3. The highest BCUT2D eigenvalue weighted by Crippen LogP contribution is 2.39. The third kappa shape index (κ3) is 26.1. The molecular weight excluding hydrogens is 631 g/mol. The number of allylic oxidation sites excluding steroid dienone is 2. The van der Waals surface area contributed by atoms with Crippen LogP contribution in [0.1, 0.15) is 214 Å². The summed E-state index contributed by atoms with van der Waals surface area (Å²) in [6.45, 7) is 10.5. The molecule has 0 saturated heterocycles. The van der Waals surface area contributed by atoms with Crippen molar-refractivity contribution in [1.29, 1.82) is 0 Å². The van der Waals surface area contributed by atoms with Crippen LogP contribution in [-0.4, -0.2) is 50.2 Å². The maximum Gasteiger partial charge on any atom is 0.306 e. The van der Waals surface area contributed by atoms with E-state index in [1.165, 1.54) is 141 Å². The van der Waals surface area contributed by atoms with Crippen molar-refractivity contribution in [3.8, 4) is 0 Å². The molecule has 5 heteroatoms. The predicted octanol–water partition coefficient (Wildman–Crippen LogP) is 13.4. The zero-order chi connectivity index (χ0) is 37.4. The van der Waals surface area contributed by atoms with Gasteiger partial charge in [0.05, 0.1) is 6.61 Å². The molecule has 1 saturated carbocycles. The molecule has 0 spiro atoms. The van der Waals surface area contributed by atoms with Crippen LogP contribution in [-0.2, 0) is 19.1 Å². The lowest BCUT2D eigenvalue weighted by molar-refractivity contribution is -0.151. The van der Waals surface area contributed by atoms with Crippen molar-refractivity contribution >= 4 is 11.9 Å². The van der Waals surface area contributed by atoms with E-state index in [1.807, 2.05) is 14.1 Å². The molecule has 0 aliphatic heterocycles. The van der Waals surface area contributed by atoms with Gasteiger partial charge in [0.1, 0.15) is 6.10 Å². The summed E-state index contributed by atoms with van der Waals surface area (Å²) in [6, 6.07) is 0. The van der Waals surface area contributed by atoms with E-state index in [-0.39, 0.29) is 29.9 Å². The number of ether oxygens (including phenoxy) is 2. The van der Waals surface area contributed by atoms with Crippen LogP contribution in [0, 0.1) is 23.7 Å². The van der Waals surface area contributed by atoms with Crippen LogP contribution in [0.2, 0.25) is 0 Å². The summed E-state index contributed by atoms with van der Waals surface area (Å²) in [5.41, 5.74) is 0. The first-order valence-electron chi connectivity index (χ1n) is 22.5. The summed E-state index contributed by atoms with van der Waals surface area (Å²) >= 11 is 0. The minimum Gasteiger partial charge on any atom is -0.465 e. The van der Waals surface area contributed by atoms with Gasteiger partial charge >= 0.3 is 11.9 Å². The van der Waals surface area contributed by atoms with Gasteiger partial charge in [-0.1, -0.05) is 168 Å². The van der Waals surface area contributed by atoms with Crippen LogP contribution in [0.3, 0.4) is 0 Å². The summed E-state index contributed by atoms with van der Waals surface area (Å²) < 4.78 is 12.2. The Morgan fingerprint density at radius 2 is 1.18 bits per heavy atom. The monoisotopic (exact) mass is 718 g/mol. The van der Waals surface area contributed by atoms with Gasteiger partial charge in [0.25, 0.3) is 0 Å². The van der Waals surface area contributed by atoms with E-state index >= 15 is 0 Å². The van der Waals surface area contributed by atoms with Crippen LogP contribution < -0.4 is 0 Å². The molecule has 0 heterocycles. The topological polar surface area (TPSA) is 55.8 Å². The Balaban J connectivity index is 2.84. The van der Waals surface area contributed by atoms with Gasteiger partial charge in [0, 0.05) is 18.8 Å². The number of hydrogen-bond acceptors (Lipinski definition) is 5. The van der Waals surface area contributed by atoms with Gasteiger partial charge < -0.3 is 14.4 Å². The van der Waals surface area contributed by atoms with E-state index in [9.17, 15) is 9.59 Å². The third-order valence-electron chi connectivity index (χ3n) is 11.5. The Bertz CT molecular complexity index is 825. The molecule has 0 radical (unpaired) electrons. The highest BCUT2D eigenvalue weighted by atomic mass is 16.5. The number of nitrogens with zero attached hydrogens (tertiary/aromatic N) is 1. The molecule has 300 valence electrons. The van der Waals surface area contributed by atoms with Crippen molar-refractivity contribution in [2.45, 2.75) is 220 Å². The molecule has 0 aromatic rings. The van der Waals surface area contributed by atoms with Crippen LogP contribution in [0.25, 0.3) is 0 Å². The SMILES string of the molecule is CC/C=C\CC1C(CC(=O)OCC(CCCCCCCC)CC(CCCCCCCC)CCCCCCCC)CCC1OC(=O)CCCN(C)C. The van der Waals surface area contributed by atoms with Crippen molar-refractivity contribution < 1.29 is 19.1 Å². The average molecular weight is 718 g/mol. The zero-order valence-electron chi connectivity index (χ0n) is 35.0. The minimum atomic E-state index is -0.0960. The van der Waals surface area contributed by atoms with Gasteiger partial charge in [-0.25, -0.2) is 0 Å². The maximum atomic E-state index is 13.5. The molecule has 4 unspecified atom stereocenters. The van der Waals surface area contributed by atoms with Crippen molar-refractivity contribution in [2.75, 3.05) is 27.2 Å². The quantitative estimate of drug-likeness (QED) is 0.0371. The summed E-state index contributed by atoms with van der Waals surface area (Å²) in [5, 5.41) is 0. The molecule has 0 amide bonds. The zero-order valence-corrected chi connectivity index (χ0v) is 35.0. The van der Waals surface area contributed by atoms with Crippen LogP contribution in [0.15, 0.2) is 12.2 Å². The highest BCUT2D eigenvalue weighted by Gasteiger charge is 2.39. The molecule has 51 heavy (non-hydrogen) atoms. The molecule has 1 fully saturated rings. The lowest BCUT2D eigenvalue weighted by atomic mass is 9.84. The second-order valence-electron chi connectivity index (χ2n) is 16.6. The van der Waals surface area contributed by atoms with E-state index in [4.69, 9.17) is 9.47 Å². The van der Waals surface area contributed by atoms with Gasteiger partial charge in [0.2, 0.25) is 0 Å². The van der Waals surface area contributed by atoms with Crippen molar-refractivity contribution in [2.24, 2.45) is 23.7 Å². The number of unbranched alkanes of at least 4 members (excludes halogenated alkanes) is 15. The van der Waals surface area contributed by atoms with Crippen molar-refractivity contribution in [3.05, 3.63) is 12.2 Å². The number of esters is 2. The number of hydrogen-bond donors (Lipinski definition) is 0. The number of rotatable bonds is 35. The standard InChI is InChI=1S/C46H87NO4/c1-7-11-15-18-21-25-29-40(30-26-22-19-16-12-8-2)37-41(31-27-23-20-17-13-9-3)39-50-46(49)38-42-34-35-44(43(42)32-24-14-10-4)51-45(48)33-28-36-47(5)6/h14,24,40-44H,7-13,15-23,25-39H2,1-6H3/b24-14-. The first kappa shape index (κ1) is 47.7. The molecule has 0 aromatic carbocycles. The van der Waals surface area contributed by atoms with Crippen molar-refractivity contribution in [3.63, 3.8) is 0 Å². The van der Waals surface area contributed by atoms with E-state index < -0.39 is 0 Å². The first-order chi connectivity index (χ1) is 24.8. The Kier molecular flexibility index (Phi) is 31.1. The van der Waals surface area contributed by atoms with Gasteiger partial charge in [-0.05, 0) is 83.3 Å². The van der Waals surface area contributed by atoms with Gasteiger partial charge in [-0.2, -0.15) is 0 Å². The molecule has 1 rings (SSSR count). The van der Waals surface area contributed by atoms with Gasteiger partial charge in [-0.3, -0.25) is 9.59 Å². The largest absolute Gasteiger partial charge is 0.465 e. The molecule has 1 aliphatic rings. The Morgan fingerprint density at radius 1 is 0.647 bits per heavy atom. The van der Waals surface area contributed by atoms with Gasteiger partial charge in [0.15, 0.2) is 0 Å². The summed E-state index contributed by atoms with van der Waals surface area (Å²) in [6.07, 6.45) is 38.9. The molecular formula is C46H87NO4. The summed E-state index contributed by atoms with van der Waals surface area (Å²) in [7, 11) is 4.06. The lowest BCUT2D eigenvalue weighted by Crippen LogP contribution is -2.27. The predicted molar refractivity (Wildman–Crippen MR) is 219 cm³/mol. The van der Waals surface area contributed by atoms with Crippen LogP contribution in [0.4, 0.5) is 0 Å². The molecule has 4 atom stereocenters. The minimum absolute atomic E-state index is 0.0428. The molecule has 0 aromatic heterocycles. The Labute approximate surface area is 318 Å². The van der Waals surface area contributed by atoms with Crippen LogP contribution in [0.5, 0.6) is 0 Å². The van der Waals surface area contributed by atoms with E-state index in [0.29, 0.717) is 25.4 Å². The average Bonchev–Trinajstić information content (AvgIpc) is 3.47. The fourth-order valence-corrected chi connectivity index (χ4v) is 8.29. The maximum absolute atomic E-state index is 13.5. The second-order valence-corrected chi connectivity index (χ2v) is 16.6. The Hall–Kier alpha value is -1.36. The van der Waals surface area contributed by atoms with Crippen LogP contribution >= 0.6 is 0 Å². The fourth-order valence-electron chi connectivity index (χ4n) is 8.29. The van der Waals surface area contributed by atoms with E-state index in [2.05, 4.69) is 44.7 Å². The second kappa shape index (κ2) is 33.2. The smallest absolute Gasteiger partial charge is 0.306 e. The van der Waals surface area contributed by atoms with Gasteiger partial charge in [-0.15, -0.1) is 0 Å². The molecule has 1 aliphatic carbocycles. The lowest BCUT2D eigenvalue weighted by Gasteiger charge is -2.25. The number of carbonyl (C=O) groups excluding carboxylic acids is 2. The highest BCUT2D eigenvalue weighted by molar-refractivity contribution is 5.70. The molecule has 5 nitrogen and oxygen atoms in total.